The van der Waals surface area contributed by atoms with E-state index in [2.05, 4.69) is 13.8 Å². The van der Waals surface area contributed by atoms with Gasteiger partial charge < -0.3 is 4.18 Å². The molecule has 0 spiro atoms. The van der Waals surface area contributed by atoms with E-state index in [-0.39, 0.29) is 16.2 Å². The molecule has 4 rings (SSSR count). The molecule has 2 atom stereocenters. The van der Waals surface area contributed by atoms with Crippen LogP contribution < -0.4 is 0 Å². The zero-order valence-corrected chi connectivity index (χ0v) is 12.9. The number of hydrogen-bond acceptors (Lipinski definition) is 3. The van der Waals surface area contributed by atoms with Crippen LogP contribution in [0.1, 0.15) is 32.3 Å². The molecule has 0 aliphatic heterocycles. The summed E-state index contributed by atoms with van der Waals surface area (Å²) in [5, 5.41) is 0. The minimum atomic E-state index is -3.70. The summed E-state index contributed by atoms with van der Waals surface area (Å²) in [7, 11) is -3.70. The van der Waals surface area contributed by atoms with Gasteiger partial charge in [-0.1, -0.05) is 31.5 Å². The molecule has 0 unspecified atom stereocenters. The Morgan fingerprint density at radius 3 is 2.40 bits per heavy atom. The molecule has 2 bridgehead atoms. The molecule has 0 N–H and O–H groups in total. The van der Waals surface area contributed by atoms with E-state index in [1.807, 2.05) is 13.0 Å². The van der Waals surface area contributed by atoms with Crippen molar-refractivity contribution < 1.29 is 12.6 Å². The monoisotopic (exact) mass is 292 g/mol. The van der Waals surface area contributed by atoms with Crippen molar-refractivity contribution >= 4 is 10.1 Å². The summed E-state index contributed by atoms with van der Waals surface area (Å²) in [6, 6.07) is 6.77. The van der Waals surface area contributed by atoms with Gasteiger partial charge >= 0.3 is 10.1 Å². The molecule has 4 heteroatoms. The normalized spacial score (nSPS) is 27.4. The van der Waals surface area contributed by atoms with Crippen molar-refractivity contribution in [1.82, 2.24) is 0 Å². The number of aryl methyl sites for hydroxylation is 1. The lowest BCUT2D eigenvalue weighted by Gasteiger charge is -2.55. The van der Waals surface area contributed by atoms with Gasteiger partial charge in [0, 0.05) is 5.92 Å². The predicted molar refractivity (Wildman–Crippen MR) is 77.5 cm³/mol. The van der Waals surface area contributed by atoms with Crippen LogP contribution in [0.25, 0.3) is 0 Å². The predicted octanol–water partition coefficient (Wildman–Crippen LogP) is 3.65. The highest BCUT2D eigenvalue weighted by molar-refractivity contribution is 7.86. The minimum absolute atomic E-state index is 0.160. The highest BCUT2D eigenvalue weighted by Gasteiger charge is 2.53. The van der Waals surface area contributed by atoms with E-state index in [1.54, 1.807) is 24.3 Å². The van der Waals surface area contributed by atoms with E-state index in [0.717, 1.165) is 18.4 Å². The van der Waals surface area contributed by atoms with Crippen LogP contribution in [0.15, 0.2) is 41.0 Å². The van der Waals surface area contributed by atoms with Gasteiger partial charge in [-0.25, -0.2) is 0 Å². The topological polar surface area (TPSA) is 43.4 Å². The molecule has 0 radical (unpaired) electrons. The number of allylic oxidation sites excluding steroid dienone is 2. The maximum Gasteiger partial charge on any atom is 0.338 e. The molecule has 3 nitrogen and oxygen atoms in total. The first-order valence-electron chi connectivity index (χ1n) is 7.02. The van der Waals surface area contributed by atoms with Gasteiger partial charge in [0.1, 0.15) is 10.7 Å². The standard InChI is InChI=1S/C16H20O3S/c1-11-4-7-13(8-5-11)20(17,18)19-15-9-6-12-10-14(15)16(12,2)3/h4-5,7-9,12,14H,6,10H2,1-3H3/t12-,14-/m0/s1. The fourth-order valence-electron chi connectivity index (χ4n) is 3.27. The van der Waals surface area contributed by atoms with Crippen LogP contribution in [-0.4, -0.2) is 8.42 Å². The Balaban J connectivity index is 1.84. The fourth-order valence-corrected chi connectivity index (χ4v) is 4.27. The van der Waals surface area contributed by atoms with Gasteiger partial charge in [0.2, 0.25) is 0 Å². The van der Waals surface area contributed by atoms with Crippen LogP contribution in [0.5, 0.6) is 0 Å². The molecule has 0 amide bonds. The van der Waals surface area contributed by atoms with Crippen LogP contribution in [0.3, 0.4) is 0 Å². The Bertz CT molecular complexity index is 653. The zero-order chi connectivity index (χ0) is 14.5. The first-order chi connectivity index (χ1) is 9.30. The van der Waals surface area contributed by atoms with Crippen molar-refractivity contribution in [2.45, 2.75) is 38.5 Å². The highest BCUT2D eigenvalue weighted by Crippen LogP contribution is 2.59. The molecule has 3 aliphatic rings. The first-order valence-corrected chi connectivity index (χ1v) is 8.43. The summed E-state index contributed by atoms with van der Waals surface area (Å²) >= 11 is 0. The van der Waals surface area contributed by atoms with E-state index in [9.17, 15) is 8.42 Å². The van der Waals surface area contributed by atoms with Crippen molar-refractivity contribution in [3.8, 4) is 0 Å². The summed E-state index contributed by atoms with van der Waals surface area (Å²) in [5.41, 5.74) is 1.19. The van der Waals surface area contributed by atoms with E-state index in [0.29, 0.717) is 11.7 Å². The third-order valence-corrected chi connectivity index (χ3v) is 6.19. The van der Waals surface area contributed by atoms with Gasteiger partial charge in [0.15, 0.2) is 0 Å². The van der Waals surface area contributed by atoms with Crippen molar-refractivity contribution in [2.75, 3.05) is 0 Å². The zero-order valence-electron chi connectivity index (χ0n) is 12.1. The summed E-state index contributed by atoms with van der Waals surface area (Å²) < 4.78 is 30.1. The lowest BCUT2D eigenvalue weighted by molar-refractivity contribution is -0.0281. The average molecular weight is 292 g/mol. The minimum Gasteiger partial charge on any atom is -0.384 e. The Hall–Kier alpha value is -1.29. The van der Waals surface area contributed by atoms with E-state index < -0.39 is 10.1 Å². The second-order valence-electron chi connectivity index (χ2n) is 6.50. The van der Waals surface area contributed by atoms with Crippen LogP contribution >= 0.6 is 0 Å². The third-order valence-electron chi connectivity index (χ3n) is 4.93. The van der Waals surface area contributed by atoms with Gasteiger partial charge in [0.25, 0.3) is 0 Å². The third kappa shape index (κ3) is 2.06. The van der Waals surface area contributed by atoms with Crippen LogP contribution in [-0.2, 0) is 14.3 Å². The number of hydrogen-bond donors (Lipinski definition) is 0. The molecule has 1 aromatic rings. The van der Waals surface area contributed by atoms with Crippen LogP contribution in [0.2, 0.25) is 0 Å². The van der Waals surface area contributed by atoms with Crippen LogP contribution in [0.4, 0.5) is 0 Å². The van der Waals surface area contributed by atoms with Crippen molar-refractivity contribution in [2.24, 2.45) is 17.3 Å². The lowest BCUT2D eigenvalue weighted by atomic mass is 9.50. The maximum atomic E-state index is 12.3. The SMILES string of the molecule is Cc1ccc(S(=O)(=O)OC2=CC[C@H]3C[C@@H]2C3(C)C)cc1. The molecule has 3 aliphatic carbocycles. The lowest BCUT2D eigenvalue weighted by Crippen LogP contribution is -2.48. The largest absolute Gasteiger partial charge is 0.384 e. The second-order valence-corrected chi connectivity index (χ2v) is 8.05. The fraction of sp³-hybridized carbons (Fsp3) is 0.500. The Kier molecular flexibility index (Phi) is 2.98. The van der Waals surface area contributed by atoms with Crippen molar-refractivity contribution in [3.05, 3.63) is 41.7 Å². The summed E-state index contributed by atoms with van der Waals surface area (Å²) in [6.07, 6.45) is 3.92. The summed E-state index contributed by atoms with van der Waals surface area (Å²) in [4.78, 5) is 0.225. The van der Waals surface area contributed by atoms with Gasteiger partial charge in [0.05, 0.1) is 0 Å². The van der Waals surface area contributed by atoms with E-state index >= 15 is 0 Å². The molecule has 1 saturated carbocycles. The van der Waals surface area contributed by atoms with Crippen LogP contribution in [0, 0.1) is 24.2 Å². The molecule has 20 heavy (non-hydrogen) atoms. The van der Waals surface area contributed by atoms with Crippen molar-refractivity contribution in [1.29, 1.82) is 0 Å². The summed E-state index contributed by atoms with van der Waals surface area (Å²) in [6.45, 7) is 6.32. The molecule has 0 aromatic heterocycles. The first kappa shape index (κ1) is 13.7. The molecule has 1 aromatic carbocycles. The van der Waals surface area contributed by atoms with E-state index in [1.165, 1.54) is 0 Å². The summed E-state index contributed by atoms with van der Waals surface area (Å²) in [5.74, 6) is 1.54. The molecule has 0 heterocycles. The molecule has 108 valence electrons. The number of fused-ring (bicyclic) bond motifs is 1. The van der Waals surface area contributed by atoms with Gasteiger partial charge in [-0.15, -0.1) is 0 Å². The number of benzene rings is 1. The molecular weight excluding hydrogens is 272 g/mol. The molecule has 0 saturated heterocycles. The quantitative estimate of drug-likeness (QED) is 0.799. The molecular formula is C16H20O3S. The highest BCUT2D eigenvalue weighted by atomic mass is 32.2. The van der Waals surface area contributed by atoms with Gasteiger partial charge in [-0.3, -0.25) is 0 Å². The Morgan fingerprint density at radius 1 is 1.20 bits per heavy atom. The van der Waals surface area contributed by atoms with Gasteiger partial charge in [-0.05, 0) is 49.3 Å². The van der Waals surface area contributed by atoms with Gasteiger partial charge in [-0.2, -0.15) is 8.42 Å². The van der Waals surface area contributed by atoms with Crippen molar-refractivity contribution in [3.63, 3.8) is 0 Å². The maximum absolute atomic E-state index is 12.3. The Morgan fingerprint density at radius 2 is 1.85 bits per heavy atom. The number of rotatable bonds is 3. The molecule has 1 fully saturated rings. The second kappa shape index (κ2) is 4.35. The van der Waals surface area contributed by atoms with E-state index in [4.69, 9.17) is 4.18 Å². The smallest absolute Gasteiger partial charge is 0.338 e. The Labute approximate surface area is 120 Å². The average Bonchev–Trinajstić information content (AvgIpc) is 2.38.